The van der Waals surface area contributed by atoms with Gasteiger partial charge in [-0.2, -0.15) is 0 Å². The predicted octanol–water partition coefficient (Wildman–Crippen LogP) is 4.87. The lowest BCUT2D eigenvalue weighted by Crippen LogP contribution is -2.46. The van der Waals surface area contributed by atoms with E-state index in [1.165, 1.54) is 12.3 Å². The summed E-state index contributed by atoms with van der Waals surface area (Å²) in [6.45, 7) is 5.72. The van der Waals surface area contributed by atoms with Crippen molar-refractivity contribution >= 4 is 29.0 Å². The van der Waals surface area contributed by atoms with Crippen molar-refractivity contribution in [2.24, 2.45) is 21.7 Å². The van der Waals surface area contributed by atoms with Gasteiger partial charge in [0.25, 0.3) is 5.56 Å². The fraction of sp³-hybridized carbons (Fsp3) is 0.458. The quantitative estimate of drug-likeness (QED) is 0.631. The first kappa shape index (κ1) is 22.8. The standard InChI is InChI=1S/C24H24ClF2N3O4/c1-12-8-13(2)19(29-18(12)15-9-14(25)11-28-20(15)31)30-21(32)23(6-7-23)22(3)5-4-16-17(10-22)34-24(26,27)33-16/h4-5,9,11,13H,6-8,10H2,1-3H3,(H,28,31)(H,29,30,32). The maximum atomic E-state index is 13.5. The molecule has 2 N–H and O–H groups in total. The Morgan fingerprint density at radius 1 is 1.32 bits per heavy atom. The topological polar surface area (TPSA) is 92.8 Å². The van der Waals surface area contributed by atoms with Crippen molar-refractivity contribution in [2.45, 2.75) is 52.7 Å². The lowest BCUT2D eigenvalue weighted by molar-refractivity contribution is -0.337. The number of hydrogen-bond acceptors (Lipinski definition) is 5. The Bertz CT molecular complexity index is 1280. The average molecular weight is 492 g/mol. The predicted molar refractivity (Wildman–Crippen MR) is 122 cm³/mol. The lowest BCUT2D eigenvalue weighted by atomic mass is 9.68. The molecule has 0 saturated heterocycles. The molecule has 2 aliphatic carbocycles. The molecule has 1 amide bonds. The zero-order chi connectivity index (χ0) is 24.5. The Hall–Kier alpha value is -2.94. The summed E-state index contributed by atoms with van der Waals surface area (Å²) in [5.74, 6) is 0.223. The monoisotopic (exact) mass is 491 g/mol. The molecule has 0 radical (unpaired) electrons. The van der Waals surface area contributed by atoms with Gasteiger partial charge in [-0.3, -0.25) is 9.59 Å². The Morgan fingerprint density at radius 2 is 2.06 bits per heavy atom. The molecule has 2 atom stereocenters. The molecule has 2 unspecified atom stereocenters. The molecule has 1 aromatic heterocycles. The van der Waals surface area contributed by atoms with Gasteiger partial charge in [-0.15, -0.1) is 8.78 Å². The summed E-state index contributed by atoms with van der Waals surface area (Å²) in [4.78, 5) is 33.2. The van der Waals surface area contributed by atoms with Crippen molar-refractivity contribution in [3.63, 3.8) is 0 Å². The summed E-state index contributed by atoms with van der Waals surface area (Å²) in [7, 11) is 0. The third kappa shape index (κ3) is 3.66. The van der Waals surface area contributed by atoms with Crippen LogP contribution in [0.3, 0.4) is 0 Å². The molecule has 7 nitrogen and oxygen atoms in total. The highest BCUT2D eigenvalue weighted by atomic mass is 35.5. The summed E-state index contributed by atoms with van der Waals surface area (Å²) < 4.78 is 36.3. The van der Waals surface area contributed by atoms with Gasteiger partial charge in [0.05, 0.1) is 21.7 Å². The third-order valence-corrected chi connectivity index (χ3v) is 7.45. The summed E-state index contributed by atoms with van der Waals surface area (Å²) in [6, 6.07) is 1.55. The molecule has 1 fully saturated rings. The van der Waals surface area contributed by atoms with Gasteiger partial charge in [-0.1, -0.05) is 31.5 Å². The molecule has 0 bridgehead atoms. The normalized spacial score (nSPS) is 28.6. The second kappa shape index (κ2) is 7.53. The van der Waals surface area contributed by atoms with Gasteiger partial charge in [0, 0.05) is 24.0 Å². The SMILES string of the molecule is CC1=C(c2cc(Cl)c[nH]c2=O)N=C(NC(=O)C2(C3(C)C=CC4=C(C3)OC(F)(F)O4)CC2)C(C)C1. The molecule has 180 valence electrons. The minimum Gasteiger partial charge on any atom is -0.400 e. The van der Waals surface area contributed by atoms with E-state index < -0.39 is 17.1 Å². The molecule has 34 heavy (non-hydrogen) atoms. The Labute approximate surface area is 199 Å². The molecular weight excluding hydrogens is 468 g/mol. The van der Waals surface area contributed by atoms with E-state index in [0.717, 1.165) is 5.57 Å². The highest BCUT2D eigenvalue weighted by Gasteiger charge is 2.63. The fourth-order valence-corrected chi connectivity index (χ4v) is 5.27. The zero-order valence-electron chi connectivity index (χ0n) is 18.9. The molecular formula is C24H24ClF2N3O4. The van der Waals surface area contributed by atoms with Gasteiger partial charge >= 0.3 is 6.29 Å². The van der Waals surface area contributed by atoms with Crippen LogP contribution in [0.1, 0.15) is 52.0 Å². The second-order valence-corrected chi connectivity index (χ2v) is 10.1. The summed E-state index contributed by atoms with van der Waals surface area (Å²) in [6.07, 6.45) is 2.90. The van der Waals surface area contributed by atoms with Crippen LogP contribution in [0.2, 0.25) is 5.02 Å². The largest absolute Gasteiger partial charge is 0.585 e. The van der Waals surface area contributed by atoms with E-state index >= 15 is 0 Å². The number of ether oxygens (including phenoxy) is 2. The van der Waals surface area contributed by atoms with Gasteiger partial charge in [-0.25, -0.2) is 4.99 Å². The fourth-order valence-electron chi connectivity index (χ4n) is 5.10. The number of amides is 1. The first-order chi connectivity index (χ1) is 15.9. The van der Waals surface area contributed by atoms with Crippen molar-refractivity contribution < 1.29 is 23.0 Å². The maximum Gasteiger partial charge on any atom is 0.585 e. The van der Waals surface area contributed by atoms with E-state index in [0.29, 0.717) is 41.4 Å². The van der Waals surface area contributed by atoms with Gasteiger partial charge in [0.1, 0.15) is 5.84 Å². The number of H-pyrrole nitrogens is 1. The summed E-state index contributed by atoms with van der Waals surface area (Å²) in [5.41, 5.74) is -0.0852. The number of nitrogens with one attached hydrogen (secondary N) is 2. The number of carbonyl (C=O) groups excluding carboxylic acids is 1. The van der Waals surface area contributed by atoms with Gasteiger partial charge in [0.15, 0.2) is 11.5 Å². The van der Waals surface area contributed by atoms with Crippen LogP contribution in [-0.4, -0.2) is 23.0 Å². The maximum absolute atomic E-state index is 13.5. The minimum atomic E-state index is -3.69. The van der Waals surface area contributed by atoms with E-state index in [9.17, 15) is 18.4 Å². The molecule has 2 aliphatic heterocycles. The number of alkyl halides is 2. The number of amidine groups is 1. The van der Waals surface area contributed by atoms with E-state index in [4.69, 9.17) is 11.6 Å². The molecule has 0 aromatic carbocycles. The van der Waals surface area contributed by atoms with E-state index in [1.807, 2.05) is 20.8 Å². The van der Waals surface area contributed by atoms with Crippen LogP contribution >= 0.6 is 11.6 Å². The Kier molecular flexibility index (Phi) is 5.06. The smallest absolute Gasteiger partial charge is 0.400 e. The van der Waals surface area contributed by atoms with E-state index in [2.05, 4.69) is 24.8 Å². The average Bonchev–Trinajstić information content (AvgIpc) is 3.51. The van der Waals surface area contributed by atoms with Crippen LogP contribution < -0.4 is 10.9 Å². The van der Waals surface area contributed by atoms with Crippen molar-refractivity contribution in [3.05, 3.63) is 62.4 Å². The highest BCUT2D eigenvalue weighted by Crippen LogP contribution is 2.64. The molecule has 4 aliphatic rings. The summed E-state index contributed by atoms with van der Waals surface area (Å²) >= 11 is 6.07. The first-order valence-corrected chi connectivity index (χ1v) is 11.5. The molecule has 10 heteroatoms. The van der Waals surface area contributed by atoms with Gasteiger partial charge < -0.3 is 19.8 Å². The minimum absolute atomic E-state index is 0.000888. The van der Waals surface area contributed by atoms with Crippen LogP contribution in [0, 0.1) is 16.7 Å². The van der Waals surface area contributed by atoms with Crippen molar-refractivity contribution in [3.8, 4) is 0 Å². The number of halogens is 3. The number of rotatable bonds is 3. The number of nitrogens with zero attached hydrogens (tertiary/aromatic N) is 1. The highest BCUT2D eigenvalue weighted by molar-refractivity contribution is 6.30. The molecule has 1 aromatic rings. The number of pyridine rings is 1. The number of aromatic amines is 1. The number of carbonyl (C=O) groups is 1. The van der Waals surface area contributed by atoms with Crippen LogP contribution in [-0.2, 0) is 14.3 Å². The Balaban J connectivity index is 1.40. The molecule has 3 heterocycles. The van der Waals surface area contributed by atoms with Crippen LogP contribution in [0.15, 0.2) is 51.3 Å². The molecule has 1 saturated carbocycles. The van der Waals surface area contributed by atoms with E-state index in [1.54, 1.807) is 12.1 Å². The van der Waals surface area contributed by atoms with Crippen LogP contribution in [0.4, 0.5) is 8.78 Å². The van der Waals surface area contributed by atoms with Gasteiger partial charge in [-0.05, 0) is 43.9 Å². The van der Waals surface area contributed by atoms with Crippen molar-refractivity contribution in [2.75, 3.05) is 0 Å². The Morgan fingerprint density at radius 3 is 2.76 bits per heavy atom. The van der Waals surface area contributed by atoms with Crippen molar-refractivity contribution in [1.82, 2.24) is 10.3 Å². The van der Waals surface area contributed by atoms with Crippen LogP contribution in [0.25, 0.3) is 5.70 Å². The van der Waals surface area contributed by atoms with E-state index in [-0.39, 0.29) is 35.3 Å². The number of hydrogen-bond donors (Lipinski definition) is 2. The summed E-state index contributed by atoms with van der Waals surface area (Å²) in [5, 5.41) is 3.36. The zero-order valence-corrected chi connectivity index (χ0v) is 19.7. The first-order valence-electron chi connectivity index (χ1n) is 11.1. The number of aromatic nitrogens is 1. The number of aliphatic imine (C=N–C) groups is 1. The lowest BCUT2D eigenvalue weighted by Gasteiger charge is -2.36. The molecule has 5 rings (SSSR count). The second-order valence-electron chi connectivity index (χ2n) is 9.71. The van der Waals surface area contributed by atoms with Crippen molar-refractivity contribution in [1.29, 1.82) is 0 Å². The molecule has 0 spiro atoms. The van der Waals surface area contributed by atoms with Gasteiger partial charge in [0.2, 0.25) is 5.91 Å². The third-order valence-electron chi connectivity index (χ3n) is 7.23. The van der Waals surface area contributed by atoms with Crippen LogP contribution in [0.5, 0.6) is 0 Å². The number of allylic oxidation sites excluding steroid dienone is 4.